The zero-order chi connectivity index (χ0) is 20.6. The second-order valence-electron chi connectivity index (χ2n) is 7.34. The van der Waals surface area contributed by atoms with Gasteiger partial charge in [-0.05, 0) is 32.4 Å². The van der Waals surface area contributed by atoms with Gasteiger partial charge in [0.15, 0.2) is 0 Å². The molecule has 1 aromatic heterocycles. The Bertz CT molecular complexity index is 976. The molecule has 10 heteroatoms. The standard InChI is InChI=1S/C19H22N6O3S/c1-11(16(27)20-18-24-23-12(2)29-18)25-10-9-19(8-7-15(25)26)21-14-6-4-3-5-13(14)17(28)22-19/h3-6,11,21H,7-10H2,1-2H3,(H,22,28)(H,20,24,27). The van der Waals surface area contributed by atoms with Crippen LogP contribution in [0.2, 0.25) is 0 Å². The predicted molar refractivity (Wildman–Crippen MR) is 109 cm³/mol. The number of benzene rings is 1. The topological polar surface area (TPSA) is 116 Å². The molecule has 1 fully saturated rings. The van der Waals surface area contributed by atoms with E-state index in [1.807, 2.05) is 18.2 Å². The number of amides is 3. The van der Waals surface area contributed by atoms with E-state index in [2.05, 4.69) is 26.1 Å². The number of hydrogen-bond donors (Lipinski definition) is 3. The van der Waals surface area contributed by atoms with Crippen molar-refractivity contribution in [3.05, 3.63) is 34.8 Å². The van der Waals surface area contributed by atoms with Crippen molar-refractivity contribution in [1.29, 1.82) is 0 Å². The molecule has 0 aliphatic carbocycles. The van der Waals surface area contributed by atoms with Gasteiger partial charge in [0.05, 0.1) is 5.56 Å². The summed E-state index contributed by atoms with van der Waals surface area (Å²) in [4.78, 5) is 39.5. The highest BCUT2D eigenvalue weighted by atomic mass is 32.1. The second-order valence-corrected chi connectivity index (χ2v) is 8.52. The SMILES string of the molecule is Cc1nnc(NC(=O)C(C)N2CCC3(CCC2=O)NC(=O)c2ccccc2N3)s1. The number of aromatic nitrogens is 2. The number of carbonyl (C=O) groups excluding carboxylic acids is 3. The summed E-state index contributed by atoms with van der Waals surface area (Å²) in [6, 6.07) is 6.65. The third-order valence-electron chi connectivity index (χ3n) is 5.37. The largest absolute Gasteiger partial charge is 0.362 e. The van der Waals surface area contributed by atoms with Crippen molar-refractivity contribution in [3.8, 4) is 0 Å². The molecule has 0 bridgehead atoms. The van der Waals surface area contributed by atoms with Crippen LogP contribution in [0.4, 0.5) is 10.8 Å². The monoisotopic (exact) mass is 414 g/mol. The first kappa shape index (κ1) is 19.3. The number of para-hydroxylation sites is 1. The van der Waals surface area contributed by atoms with E-state index in [1.54, 1.807) is 24.8 Å². The highest BCUT2D eigenvalue weighted by molar-refractivity contribution is 7.15. The second kappa shape index (κ2) is 7.43. The molecule has 1 saturated heterocycles. The van der Waals surface area contributed by atoms with Crippen LogP contribution >= 0.6 is 11.3 Å². The number of nitrogens with zero attached hydrogens (tertiary/aromatic N) is 3. The number of rotatable bonds is 3. The van der Waals surface area contributed by atoms with E-state index >= 15 is 0 Å². The van der Waals surface area contributed by atoms with Crippen LogP contribution in [-0.2, 0) is 9.59 Å². The first-order valence-corrected chi connectivity index (χ1v) is 10.3. The van der Waals surface area contributed by atoms with Gasteiger partial charge in [-0.1, -0.05) is 23.5 Å². The molecule has 3 heterocycles. The molecular weight excluding hydrogens is 392 g/mol. The quantitative estimate of drug-likeness (QED) is 0.704. The minimum Gasteiger partial charge on any atom is -0.362 e. The molecule has 0 radical (unpaired) electrons. The first-order valence-electron chi connectivity index (χ1n) is 9.47. The Labute approximate surface area is 171 Å². The molecule has 4 rings (SSSR count). The van der Waals surface area contributed by atoms with Crippen molar-refractivity contribution in [2.75, 3.05) is 17.2 Å². The number of carbonyl (C=O) groups is 3. The molecule has 1 spiro atoms. The Morgan fingerprint density at radius 3 is 2.79 bits per heavy atom. The Kier molecular flexibility index (Phi) is 4.95. The lowest BCUT2D eigenvalue weighted by molar-refractivity contribution is -0.137. The van der Waals surface area contributed by atoms with Crippen LogP contribution in [0.5, 0.6) is 0 Å². The summed E-state index contributed by atoms with van der Waals surface area (Å²) in [6.45, 7) is 3.84. The third kappa shape index (κ3) is 3.80. The maximum Gasteiger partial charge on any atom is 0.255 e. The van der Waals surface area contributed by atoms with Crippen LogP contribution in [0, 0.1) is 6.92 Å². The van der Waals surface area contributed by atoms with Gasteiger partial charge in [0, 0.05) is 25.1 Å². The van der Waals surface area contributed by atoms with Crippen molar-refractivity contribution in [2.24, 2.45) is 0 Å². The predicted octanol–water partition coefficient (Wildman–Crippen LogP) is 1.74. The van der Waals surface area contributed by atoms with Gasteiger partial charge < -0.3 is 15.5 Å². The molecule has 152 valence electrons. The van der Waals surface area contributed by atoms with E-state index in [-0.39, 0.29) is 24.1 Å². The molecule has 2 unspecified atom stereocenters. The van der Waals surface area contributed by atoms with Crippen LogP contribution in [0.1, 0.15) is 41.6 Å². The number of nitrogens with one attached hydrogen (secondary N) is 3. The van der Waals surface area contributed by atoms with Crippen LogP contribution in [0.3, 0.4) is 0 Å². The van der Waals surface area contributed by atoms with Crippen LogP contribution in [-0.4, -0.2) is 51.1 Å². The Balaban J connectivity index is 1.48. The van der Waals surface area contributed by atoms with Crippen molar-refractivity contribution < 1.29 is 14.4 Å². The van der Waals surface area contributed by atoms with Gasteiger partial charge in [0.2, 0.25) is 16.9 Å². The zero-order valence-electron chi connectivity index (χ0n) is 16.2. The van der Waals surface area contributed by atoms with Gasteiger partial charge in [0.25, 0.3) is 5.91 Å². The molecule has 2 aliphatic heterocycles. The molecule has 2 aromatic rings. The number of aryl methyl sites for hydroxylation is 1. The Hall–Kier alpha value is -3.01. The van der Waals surface area contributed by atoms with Gasteiger partial charge >= 0.3 is 0 Å². The summed E-state index contributed by atoms with van der Waals surface area (Å²) in [5, 5.41) is 18.1. The van der Waals surface area contributed by atoms with Crippen molar-refractivity contribution in [2.45, 2.75) is 44.8 Å². The van der Waals surface area contributed by atoms with E-state index in [0.29, 0.717) is 30.1 Å². The Morgan fingerprint density at radius 2 is 2.03 bits per heavy atom. The van der Waals surface area contributed by atoms with Gasteiger partial charge in [0.1, 0.15) is 16.7 Å². The number of fused-ring (bicyclic) bond motifs is 1. The summed E-state index contributed by atoms with van der Waals surface area (Å²) < 4.78 is 0. The van der Waals surface area contributed by atoms with E-state index in [4.69, 9.17) is 0 Å². The van der Waals surface area contributed by atoms with Gasteiger partial charge in [-0.15, -0.1) is 10.2 Å². The molecular formula is C19H22N6O3S. The fraction of sp³-hybridized carbons (Fsp3) is 0.421. The lowest BCUT2D eigenvalue weighted by atomic mass is 9.95. The molecule has 9 nitrogen and oxygen atoms in total. The number of anilines is 2. The van der Waals surface area contributed by atoms with Crippen LogP contribution in [0.25, 0.3) is 0 Å². The van der Waals surface area contributed by atoms with Gasteiger partial charge in [-0.2, -0.15) is 0 Å². The highest BCUT2D eigenvalue weighted by Crippen LogP contribution is 2.32. The minimum atomic E-state index is -0.706. The first-order chi connectivity index (χ1) is 13.9. The molecule has 3 N–H and O–H groups in total. The number of hydrogen-bond acceptors (Lipinski definition) is 7. The minimum absolute atomic E-state index is 0.118. The molecule has 3 amide bonds. The van der Waals surface area contributed by atoms with E-state index in [0.717, 1.165) is 10.7 Å². The number of likely N-dealkylation sites (tertiary alicyclic amines) is 1. The average molecular weight is 414 g/mol. The van der Waals surface area contributed by atoms with Crippen molar-refractivity contribution in [1.82, 2.24) is 20.4 Å². The molecule has 2 aliphatic rings. The summed E-state index contributed by atoms with van der Waals surface area (Å²) >= 11 is 1.28. The normalized spacial score (nSPS) is 22.3. The average Bonchev–Trinajstić information content (AvgIpc) is 3.04. The lowest BCUT2D eigenvalue weighted by Gasteiger charge is -2.40. The molecule has 0 saturated carbocycles. The summed E-state index contributed by atoms with van der Waals surface area (Å²) in [5.74, 6) is -0.581. The van der Waals surface area contributed by atoms with Crippen molar-refractivity contribution in [3.63, 3.8) is 0 Å². The zero-order valence-corrected chi connectivity index (χ0v) is 17.0. The van der Waals surface area contributed by atoms with E-state index < -0.39 is 11.7 Å². The molecule has 29 heavy (non-hydrogen) atoms. The fourth-order valence-corrected chi connectivity index (χ4v) is 4.34. The smallest absolute Gasteiger partial charge is 0.255 e. The fourth-order valence-electron chi connectivity index (χ4n) is 3.75. The van der Waals surface area contributed by atoms with Crippen LogP contribution < -0.4 is 16.0 Å². The summed E-state index contributed by atoms with van der Waals surface area (Å²) in [5.41, 5.74) is 0.641. The van der Waals surface area contributed by atoms with Gasteiger partial charge in [-0.3, -0.25) is 19.7 Å². The van der Waals surface area contributed by atoms with Gasteiger partial charge in [-0.25, -0.2) is 0 Å². The molecule has 2 atom stereocenters. The van der Waals surface area contributed by atoms with Crippen molar-refractivity contribution >= 4 is 39.9 Å². The lowest BCUT2D eigenvalue weighted by Crippen LogP contribution is -2.58. The third-order valence-corrected chi connectivity index (χ3v) is 6.12. The highest BCUT2D eigenvalue weighted by Gasteiger charge is 2.41. The van der Waals surface area contributed by atoms with E-state index in [1.165, 1.54) is 11.3 Å². The van der Waals surface area contributed by atoms with Crippen LogP contribution in [0.15, 0.2) is 24.3 Å². The maximum atomic E-state index is 12.7. The van der Waals surface area contributed by atoms with E-state index in [9.17, 15) is 14.4 Å². The Morgan fingerprint density at radius 1 is 1.24 bits per heavy atom. The maximum absolute atomic E-state index is 12.7. The molecule has 1 aromatic carbocycles. The summed E-state index contributed by atoms with van der Waals surface area (Å²) in [7, 11) is 0. The summed E-state index contributed by atoms with van der Waals surface area (Å²) in [6.07, 6.45) is 1.17.